The second kappa shape index (κ2) is 4.91. The Labute approximate surface area is 81.9 Å². The van der Waals surface area contributed by atoms with E-state index in [1.165, 1.54) is 6.26 Å². The van der Waals surface area contributed by atoms with Crippen LogP contribution in [0.2, 0.25) is 0 Å². The highest BCUT2D eigenvalue weighted by atomic mass is 16.5. The summed E-state index contributed by atoms with van der Waals surface area (Å²) in [5.41, 5.74) is 5.67. The van der Waals surface area contributed by atoms with Crippen LogP contribution < -0.4 is 10.5 Å². The monoisotopic (exact) mass is 193 g/mol. The molecule has 0 unspecified atom stereocenters. The molecule has 1 aromatic rings. The minimum atomic E-state index is -0.781. The third kappa shape index (κ3) is 3.18. The second-order valence-electron chi connectivity index (χ2n) is 2.54. The maximum absolute atomic E-state index is 10.3. The standard InChI is InChI=1S/C10H11NO3/c1-2-13-9-5-3-8(4-6-9)7-14-10(11)12/h2-6H,1,7H2,(H2,11,12). The molecule has 4 heteroatoms. The van der Waals surface area contributed by atoms with Crippen molar-refractivity contribution < 1.29 is 14.3 Å². The van der Waals surface area contributed by atoms with E-state index >= 15 is 0 Å². The van der Waals surface area contributed by atoms with E-state index < -0.39 is 6.09 Å². The topological polar surface area (TPSA) is 61.6 Å². The van der Waals surface area contributed by atoms with E-state index in [-0.39, 0.29) is 6.61 Å². The first-order valence-corrected chi connectivity index (χ1v) is 4.01. The molecule has 0 aliphatic carbocycles. The van der Waals surface area contributed by atoms with Gasteiger partial charge in [0.25, 0.3) is 0 Å². The number of amides is 1. The molecule has 0 saturated heterocycles. The highest BCUT2D eigenvalue weighted by molar-refractivity contribution is 5.64. The fraction of sp³-hybridized carbons (Fsp3) is 0.100. The van der Waals surface area contributed by atoms with Crippen LogP contribution in [0.4, 0.5) is 4.79 Å². The van der Waals surface area contributed by atoms with Crippen molar-refractivity contribution in [2.75, 3.05) is 0 Å². The first-order valence-electron chi connectivity index (χ1n) is 4.01. The Morgan fingerprint density at radius 3 is 2.57 bits per heavy atom. The van der Waals surface area contributed by atoms with Crippen molar-refractivity contribution in [3.05, 3.63) is 42.7 Å². The normalized spacial score (nSPS) is 9.14. The number of primary amides is 1. The van der Waals surface area contributed by atoms with Crippen molar-refractivity contribution >= 4 is 6.09 Å². The number of nitrogens with two attached hydrogens (primary N) is 1. The van der Waals surface area contributed by atoms with Crippen molar-refractivity contribution in [1.82, 2.24) is 0 Å². The Kier molecular flexibility index (Phi) is 3.55. The van der Waals surface area contributed by atoms with Crippen LogP contribution in [0.15, 0.2) is 37.1 Å². The van der Waals surface area contributed by atoms with Crippen molar-refractivity contribution in [3.8, 4) is 5.75 Å². The third-order valence-corrected chi connectivity index (χ3v) is 1.52. The summed E-state index contributed by atoms with van der Waals surface area (Å²) >= 11 is 0. The van der Waals surface area contributed by atoms with Gasteiger partial charge >= 0.3 is 6.09 Å². The molecule has 0 atom stereocenters. The number of rotatable bonds is 4. The van der Waals surface area contributed by atoms with E-state index in [4.69, 9.17) is 10.5 Å². The quantitative estimate of drug-likeness (QED) is 0.741. The molecule has 0 aliphatic rings. The van der Waals surface area contributed by atoms with Crippen LogP contribution in [-0.2, 0) is 11.3 Å². The molecule has 0 radical (unpaired) electrons. The van der Waals surface area contributed by atoms with E-state index in [2.05, 4.69) is 11.3 Å². The zero-order valence-corrected chi connectivity index (χ0v) is 7.60. The number of carbonyl (C=O) groups is 1. The first-order chi connectivity index (χ1) is 6.72. The summed E-state index contributed by atoms with van der Waals surface area (Å²) in [7, 11) is 0. The zero-order chi connectivity index (χ0) is 10.4. The van der Waals surface area contributed by atoms with Gasteiger partial charge in [0.1, 0.15) is 12.4 Å². The second-order valence-corrected chi connectivity index (χ2v) is 2.54. The average molecular weight is 193 g/mol. The first kappa shape index (κ1) is 10.1. The summed E-state index contributed by atoms with van der Waals surface area (Å²) in [5.74, 6) is 0.683. The van der Waals surface area contributed by atoms with Gasteiger partial charge in [-0.3, -0.25) is 0 Å². The van der Waals surface area contributed by atoms with Gasteiger partial charge in [-0.05, 0) is 17.7 Å². The summed E-state index contributed by atoms with van der Waals surface area (Å²) in [6.07, 6.45) is 0.561. The van der Waals surface area contributed by atoms with Crippen LogP contribution in [0.1, 0.15) is 5.56 Å². The van der Waals surface area contributed by atoms with Crippen molar-refractivity contribution in [3.63, 3.8) is 0 Å². The number of ether oxygens (including phenoxy) is 2. The maximum atomic E-state index is 10.3. The predicted molar refractivity (Wildman–Crippen MR) is 51.6 cm³/mol. The van der Waals surface area contributed by atoms with Crippen LogP contribution in [0, 0.1) is 0 Å². The lowest BCUT2D eigenvalue weighted by Crippen LogP contribution is -2.12. The molecule has 2 N–H and O–H groups in total. The number of benzene rings is 1. The van der Waals surface area contributed by atoms with Gasteiger partial charge in [0, 0.05) is 0 Å². The van der Waals surface area contributed by atoms with Gasteiger partial charge in [-0.2, -0.15) is 0 Å². The number of hydrogen-bond donors (Lipinski definition) is 1. The lowest BCUT2D eigenvalue weighted by molar-refractivity contribution is 0.150. The van der Waals surface area contributed by atoms with Crippen LogP contribution in [0.3, 0.4) is 0 Å². The van der Waals surface area contributed by atoms with Crippen LogP contribution in [-0.4, -0.2) is 6.09 Å². The van der Waals surface area contributed by atoms with Gasteiger partial charge < -0.3 is 15.2 Å². The molecular formula is C10H11NO3. The number of carbonyl (C=O) groups excluding carboxylic acids is 1. The molecule has 1 amide bonds. The van der Waals surface area contributed by atoms with Gasteiger partial charge in [-0.25, -0.2) is 4.79 Å². The summed E-state index contributed by atoms with van der Waals surface area (Å²) in [6.45, 7) is 3.60. The van der Waals surface area contributed by atoms with Gasteiger partial charge in [0.05, 0.1) is 6.26 Å². The Bertz CT molecular complexity index is 319. The molecule has 14 heavy (non-hydrogen) atoms. The van der Waals surface area contributed by atoms with E-state index in [1.54, 1.807) is 24.3 Å². The van der Waals surface area contributed by atoms with Gasteiger partial charge in [-0.15, -0.1) is 0 Å². The molecule has 74 valence electrons. The molecular weight excluding hydrogens is 182 g/mol. The van der Waals surface area contributed by atoms with E-state index in [0.717, 1.165) is 5.56 Å². The van der Waals surface area contributed by atoms with Gasteiger partial charge in [0.2, 0.25) is 0 Å². The third-order valence-electron chi connectivity index (χ3n) is 1.52. The van der Waals surface area contributed by atoms with Crippen molar-refractivity contribution in [2.24, 2.45) is 5.73 Å². The lowest BCUT2D eigenvalue weighted by Gasteiger charge is -2.03. The SMILES string of the molecule is C=COc1ccc(COC(N)=O)cc1. The van der Waals surface area contributed by atoms with Crippen LogP contribution in [0.5, 0.6) is 5.75 Å². The van der Waals surface area contributed by atoms with Crippen molar-refractivity contribution in [1.29, 1.82) is 0 Å². The predicted octanol–water partition coefficient (Wildman–Crippen LogP) is 1.80. The summed E-state index contributed by atoms with van der Waals surface area (Å²) < 4.78 is 9.62. The fourth-order valence-corrected chi connectivity index (χ4v) is 0.915. The van der Waals surface area contributed by atoms with E-state index in [1.807, 2.05) is 0 Å². The van der Waals surface area contributed by atoms with E-state index in [0.29, 0.717) is 5.75 Å². The Balaban J connectivity index is 2.54. The Morgan fingerprint density at radius 1 is 1.43 bits per heavy atom. The van der Waals surface area contributed by atoms with Gasteiger partial charge in [-0.1, -0.05) is 18.7 Å². The highest BCUT2D eigenvalue weighted by Gasteiger charge is 1.97. The average Bonchev–Trinajstić information content (AvgIpc) is 2.17. The molecule has 0 fully saturated rings. The summed E-state index contributed by atoms with van der Waals surface area (Å²) in [6, 6.07) is 7.06. The summed E-state index contributed by atoms with van der Waals surface area (Å²) in [4.78, 5) is 10.3. The molecule has 0 aromatic heterocycles. The van der Waals surface area contributed by atoms with Crippen molar-refractivity contribution in [2.45, 2.75) is 6.61 Å². The molecule has 1 aromatic carbocycles. The largest absolute Gasteiger partial charge is 0.466 e. The molecule has 0 aliphatic heterocycles. The van der Waals surface area contributed by atoms with Gasteiger partial charge in [0.15, 0.2) is 0 Å². The van der Waals surface area contributed by atoms with Crippen LogP contribution in [0.25, 0.3) is 0 Å². The highest BCUT2D eigenvalue weighted by Crippen LogP contribution is 2.12. The molecule has 1 rings (SSSR count). The fourth-order valence-electron chi connectivity index (χ4n) is 0.915. The minimum absolute atomic E-state index is 0.170. The Morgan fingerprint density at radius 2 is 2.07 bits per heavy atom. The Hall–Kier alpha value is -1.97. The van der Waals surface area contributed by atoms with E-state index in [9.17, 15) is 4.79 Å². The maximum Gasteiger partial charge on any atom is 0.404 e. The molecule has 4 nitrogen and oxygen atoms in total. The number of hydrogen-bond acceptors (Lipinski definition) is 3. The lowest BCUT2D eigenvalue weighted by atomic mass is 10.2. The smallest absolute Gasteiger partial charge is 0.404 e. The molecule has 0 heterocycles. The zero-order valence-electron chi connectivity index (χ0n) is 7.60. The summed E-state index contributed by atoms with van der Waals surface area (Å²) in [5, 5.41) is 0. The molecule has 0 spiro atoms. The van der Waals surface area contributed by atoms with Crippen LogP contribution >= 0.6 is 0 Å². The minimum Gasteiger partial charge on any atom is -0.466 e. The molecule has 0 saturated carbocycles. The molecule has 0 bridgehead atoms.